The number of nitrogens with zero attached hydrogens (tertiary/aromatic N) is 3. The normalized spacial score (nSPS) is 11.9. The number of thioether (sulfide) groups is 1. The number of ether oxygens (including phenoxy) is 1. The van der Waals surface area contributed by atoms with E-state index in [1.54, 1.807) is 13.0 Å². The van der Waals surface area contributed by atoms with Crippen LogP contribution in [0, 0.1) is 0 Å². The van der Waals surface area contributed by atoms with Gasteiger partial charge in [0, 0.05) is 0 Å². The van der Waals surface area contributed by atoms with Crippen LogP contribution in [0.3, 0.4) is 0 Å². The monoisotopic (exact) mass is 389 g/mol. The smallest absolute Gasteiger partial charge is 0.237 e. The molecular formula is C17H19N5O2S2. The second kappa shape index (κ2) is 8.24. The van der Waals surface area contributed by atoms with Gasteiger partial charge < -0.3 is 15.9 Å². The Kier molecular flexibility index (Phi) is 5.79. The molecule has 7 nitrogen and oxygen atoms in total. The summed E-state index contributed by atoms with van der Waals surface area (Å²) in [6.45, 7) is 4.22. The summed E-state index contributed by atoms with van der Waals surface area (Å²) in [5.41, 5.74) is 0.639. The summed E-state index contributed by atoms with van der Waals surface area (Å²) in [6, 6.07) is 11.2. The molecule has 0 saturated heterocycles. The van der Waals surface area contributed by atoms with Gasteiger partial charge in [-0.2, -0.15) is 0 Å². The Balaban J connectivity index is 1.69. The van der Waals surface area contributed by atoms with Crippen molar-refractivity contribution < 1.29 is 9.53 Å². The van der Waals surface area contributed by atoms with Crippen LogP contribution in [0.25, 0.3) is 10.7 Å². The third-order valence-corrected chi connectivity index (χ3v) is 5.42. The van der Waals surface area contributed by atoms with Crippen molar-refractivity contribution in [2.45, 2.75) is 24.3 Å². The molecule has 3 N–H and O–H groups in total. The number of carbonyl (C=O) groups excluding carboxylic acids is 1. The van der Waals surface area contributed by atoms with Gasteiger partial charge in [0.1, 0.15) is 5.75 Å². The summed E-state index contributed by atoms with van der Waals surface area (Å²) in [6.07, 6.45) is 0. The lowest BCUT2D eigenvalue weighted by Gasteiger charge is -2.14. The molecule has 0 aliphatic carbocycles. The Bertz CT molecular complexity index is 879. The van der Waals surface area contributed by atoms with E-state index in [0.717, 1.165) is 4.88 Å². The molecule has 1 amide bonds. The highest BCUT2D eigenvalue weighted by atomic mass is 32.2. The van der Waals surface area contributed by atoms with Gasteiger partial charge in [0.2, 0.25) is 11.1 Å². The highest BCUT2D eigenvalue weighted by Gasteiger charge is 2.21. The van der Waals surface area contributed by atoms with Crippen molar-refractivity contribution in [2.24, 2.45) is 0 Å². The lowest BCUT2D eigenvalue weighted by molar-refractivity contribution is -0.115. The maximum atomic E-state index is 12.5. The molecule has 26 heavy (non-hydrogen) atoms. The molecule has 1 unspecified atom stereocenters. The number of hydrogen-bond acceptors (Lipinski definition) is 7. The van der Waals surface area contributed by atoms with Crippen LogP contribution in [0.1, 0.15) is 13.8 Å². The number of para-hydroxylation sites is 2. The van der Waals surface area contributed by atoms with Crippen LogP contribution in [-0.4, -0.2) is 32.6 Å². The first kappa shape index (κ1) is 18.3. The number of benzene rings is 1. The van der Waals surface area contributed by atoms with Gasteiger partial charge in [-0.1, -0.05) is 30.0 Å². The van der Waals surface area contributed by atoms with Gasteiger partial charge in [-0.05, 0) is 37.4 Å². The zero-order valence-electron chi connectivity index (χ0n) is 14.4. The third kappa shape index (κ3) is 4.00. The van der Waals surface area contributed by atoms with Crippen LogP contribution in [-0.2, 0) is 4.79 Å². The Hall–Kier alpha value is -2.52. The van der Waals surface area contributed by atoms with Crippen LogP contribution >= 0.6 is 23.1 Å². The molecule has 2 aromatic heterocycles. The molecule has 3 rings (SSSR count). The fraction of sp³-hybridized carbons (Fsp3) is 0.235. The number of amides is 1. The van der Waals surface area contributed by atoms with Gasteiger partial charge in [-0.25, -0.2) is 4.68 Å². The number of nitrogens with one attached hydrogen (secondary N) is 1. The number of aromatic nitrogens is 3. The van der Waals surface area contributed by atoms with Gasteiger partial charge in [0.15, 0.2) is 5.82 Å². The van der Waals surface area contributed by atoms with Gasteiger partial charge in [-0.3, -0.25) is 4.79 Å². The summed E-state index contributed by atoms with van der Waals surface area (Å²) in [4.78, 5) is 13.5. The summed E-state index contributed by atoms with van der Waals surface area (Å²) < 4.78 is 6.94. The van der Waals surface area contributed by atoms with Crippen molar-refractivity contribution in [1.29, 1.82) is 0 Å². The minimum absolute atomic E-state index is 0.164. The van der Waals surface area contributed by atoms with E-state index in [9.17, 15) is 4.79 Å². The lowest BCUT2D eigenvalue weighted by atomic mass is 10.3. The van der Waals surface area contributed by atoms with Crippen molar-refractivity contribution in [1.82, 2.24) is 14.9 Å². The highest BCUT2D eigenvalue weighted by molar-refractivity contribution is 8.00. The molecule has 9 heteroatoms. The Labute approximate surface area is 159 Å². The molecule has 2 heterocycles. The van der Waals surface area contributed by atoms with Gasteiger partial charge in [-0.15, -0.1) is 21.5 Å². The van der Waals surface area contributed by atoms with E-state index < -0.39 is 5.25 Å². The number of rotatable bonds is 7. The van der Waals surface area contributed by atoms with E-state index >= 15 is 0 Å². The first-order valence-corrected chi connectivity index (χ1v) is 9.79. The molecule has 0 fully saturated rings. The Morgan fingerprint density at radius 3 is 2.88 bits per heavy atom. The fourth-order valence-electron chi connectivity index (χ4n) is 2.23. The first-order chi connectivity index (χ1) is 12.6. The standard InChI is InChI=1S/C17H19N5O2S2/c1-3-24-13-8-5-4-7-12(13)19-16(23)11(2)26-17-21-20-15(22(17)18)14-9-6-10-25-14/h4-11H,3,18H2,1-2H3,(H,19,23). The van der Waals surface area contributed by atoms with Crippen molar-refractivity contribution in [2.75, 3.05) is 17.8 Å². The zero-order valence-corrected chi connectivity index (χ0v) is 16.0. The summed E-state index contributed by atoms with van der Waals surface area (Å²) >= 11 is 2.78. The molecule has 0 radical (unpaired) electrons. The molecular weight excluding hydrogens is 370 g/mol. The number of hydrogen-bond donors (Lipinski definition) is 2. The van der Waals surface area contributed by atoms with Crippen molar-refractivity contribution >= 4 is 34.7 Å². The second-order valence-corrected chi connectivity index (χ2v) is 7.59. The van der Waals surface area contributed by atoms with E-state index in [-0.39, 0.29) is 5.91 Å². The number of nitrogens with two attached hydrogens (primary N) is 1. The van der Waals surface area contributed by atoms with Crippen molar-refractivity contribution in [3.05, 3.63) is 41.8 Å². The first-order valence-electron chi connectivity index (χ1n) is 8.04. The number of carbonyl (C=O) groups is 1. The minimum Gasteiger partial charge on any atom is -0.492 e. The van der Waals surface area contributed by atoms with Gasteiger partial charge >= 0.3 is 0 Å². The topological polar surface area (TPSA) is 95.1 Å². The van der Waals surface area contributed by atoms with Crippen molar-refractivity contribution in [3.63, 3.8) is 0 Å². The molecule has 3 aromatic rings. The zero-order chi connectivity index (χ0) is 18.5. The Morgan fingerprint density at radius 2 is 2.15 bits per heavy atom. The van der Waals surface area contributed by atoms with E-state index in [4.69, 9.17) is 10.6 Å². The SMILES string of the molecule is CCOc1ccccc1NC(=O)C(C)Sc1nnc(-c2cccs2)n1N. The predicted molar refractivity (Wildman–Crippen MR) is 105 cm³/mol. The highest BCUT2D eigenvalue weighted by Crippen LogP contribution is 2.29. The summed E-state index contributed by atoms with van der Waals surface area (Å²) in [7, 11) is 0. The van der Waals surface area contributed by atoms with E-state index in [1.165, 1.54) is 27.8 Å². The number of nitrogen functional groups attached to an aromatic ring is 1. The van der Waals surface area contributed by atoms with E-state index in [2.05, 4.69) is 15.5 Å². The van der Waals surface area contributed by atoms with Crippen LogP contribution in [0.15, 0.2) is 46.9 Å². The molecule has 0 saturated carbocycles. The second-order valence-electron chi connectivity index (χ2n) is 5.33. The van der Waals surface area contributed by atoms with E-state index in [1.807, 2.05) is 42.6 Å². The van der Waals surface area contributed by atoms with Crippen LogP contribution in [0.4, 0.5) is 5.69 Å². The van der Waals surface area contributed by atoms with Crippen LogP contribution < -0.4 is 15.9 Å². The molecule has 1 atom stereocenters. The van der Waals surface area contributed by atoms with Gasteiger partial charge in [0.25, 0.3) is 0 Å². The lowest BCUT2D eigenvalue weighted by Crippen LogP contribution is -2.24. The number of anilines is 1. The molecule has 0 aliphatic rings. The molecule has 0 spiro atoms. The average molecular weight is 390 g/mol. The quantitative estimate of drug-likeness (QED) is 0.476. The molecule has 0 bridgehead atoms. The fourth-order valence-corrected chi connectivity index (χ4v) is 3.70. The van der Waals surface area contributed by atoms with Crippen LogP contribution in [0.2, 0.25) is 0 Å². The van der Waals surface area contributed by atoms with E-state index in [0.29, 0.717) is 29.0 Å². The predicted octanol–water partition coefficient (Wildman–Crippen LogP) is 3.24. The van der Waals surface area contributed by atoms with Gasteiger partial charge in [0.05, 0.1) is 22.4 Å². The third-order valence-electron chi connectivity index (χ3n) is 3.50. The number of thiophene rings is 1. The maximum Gasteiger partial charge on any atom is 0.237 e. The average Bonchev–Trinajstić information content (AvgIpc) is 3.27. The minimum atomic E-state index is -0.410. The van der Waals surface area contributed by atoms with Crippen molar-refractivity contribution in [3.8, 4) is 16.5 Å². The van der Waals surface area contributed by atoms with Crippen LogP contribution in [0.5, 0.6) is 5.75 Å². The largest absolute Gasteiger partial charge is 0.492 e. The molecule has 0 aliphatic heterocycles. The molecule has 1 aromatic carbocycles. The maximum absolute atomic E-state index is 12.5. The summed E-state index contributed by atoms with van der Waals surface area (Å²) in [5.74, 6) is 7.14. The Morgan fingerprint density at radius 1 is 1.35 bits per heavy atom. The summed E-state index contributed by atoms with van der Waals surface area (Å²) in [5, 5.41) is 13.1. The molecule has 136 valence electrons.